The van der Waals surface area contributed by atoms with Crippen molar-refractivity contribution in [3.63, 3.8) is 0 Å². The van der Waals surface area contributed by atoms with Gasteiger partial charge in [-0.05, 0) is 46.0 Å². The Morgan fingerprint density at radius 3 is 2.71 bits per heavy atom. The first kappa shape index (κ1) is 17.5. The van der Waals surface area contributed by atoms with Crippen molar-refractivity contribution >= 4 is 17.7 Å². The lowest BCUT2D eigenvalue weighted by Crippen LogP contribution is -2.48. The minimum absolute atomic E-state index is 0.0671. The maximum atomic E-state index is 12.6. The largest absolute Gasteiger partial charge is 0.376 e. The van der Waals surface area contributed by atoms with Crippen LogP contribution in [0.4, 0.5) is 0 Å². The number of rotatable bonds is 5. The van der Waals surface area contributed by atoms with E-state index >= 15 is 0 Å². The average molecular weight is 354 g/mol. The van der Waals surface area contributed by atoms with Gasteiger partial charge in [-0.15, -0.1) is 5.10 Å². The maximum Gasteiger partial charge on any atom is 0.344 e. The van der Waals surface area contributed by atoms with Crippen molar-refractivity contribution < 1.29 is 9.53 Å². The molecule has 0 saturated carbocycles. The van der Waals surface area contributed by atoms with Crippen LogP contribution < -0.4 is 5.69 Å². The van der Waals surface area contributed by atoms with Crippen molar-refractivity contribution in [2.75, 3.05) is 12.4 Å². The molecule has 134 valence electrons. The summed E-state index contributed by atoms with van der Waals surface area (Å²) in [5, 5.41) is 7.13. The third-order valence-electron chi connectivity index (χ3n) is 4.94. The van der Waals surface area contributed by atoms with E-state index in [1.165, 1.54) is 18.2 Å². The fourth-order valence-electron chi connectivity index (χ4n) is 3.68. The van der Waals surface area contributed by atoms with Gasteiger partial charge in [0, 0.05) is 18.7 Å². The Morgan fingerprint density at radius 1 is 1.29 bits per heavy atom. The van der Waals surface area contributed by atoms with Crippen LogP contribution in [0.3, 0.4) is 0 Å². The molecule has 2 saturated heterocycles. The van der Waals surface area contributed by atoms with Crippen LogP contribution in [0.1, 0.15) is 46.0 Å². The first-order chi connectivity index (χ1) is 11.6. The van der Waals surface area contributed by atoms with Crippen LogP contribution in [0, 0.1) is 0 Å². The van der Waals surface area contributed by atoms with Crippen LogP contribution in [0.2, 0.25) is 0 Å². The number of amides is 1. The highest BCUT2D eigenvalue weighted by molar-refractivity contribution is 7.99. The number of hydrogen-bond acceptors (Lipinski definition) is 5. The Morgan fingerprint density at radius 2 is 2.04 bits per heavy atom. The van der Waals surface area contributed by atoms with E-state index in [2.05, 4.69) is 24.0 Å². The van der Waals surface area contributed by atoms with Gasteiger partial charge in [-0.2, -0.15) is 0 Å². The first-order valence-electron chi connectivity index (χ1n) is 8.77. The number of likely N-dealkylation sites (tertiary alicyclic amines) is 1. The van der Waals surface area contributed by atoms with E-state index in [0.717, 1.165) is 32.3 Å². The molecule has 0 aliphatic carbocycles. The van der Waals surface area contributed by atoms with Crippen LogP contribution in [-0.2, 0) is 16.1 Å². The smallest absolute Gasteiger partial charge is 0.344 e. The first-order valence-corrected chi connectivity index (χ1v) is 9.75. The van der Waals surface area contributed by atoms with E-state index in [9.17, 15) is 9.59 Å². The van der Waals surface area contributed by atoms with Gasteiger partial charge in [-0.3, -0.25) is 9.36 Å². The summed E-state index contributed by atoms with van der Waals surface area (Å²) in [6, 6.07) is 0.574. The normalized spacial score (nSPS) is 27.6. The van der Waals surface area contributed by atoms with Gasteiger partial charge in [0.1, 0.15) is 0 Å². The Hall–Kier alpha value is -1.28. The number of ether oxygens (including phenoxy) is 1. The van der Waals surface area contributed by atoms with Crippen LogP contribution in [0.25, 0.3) is 0 Å². The molecule has 0 aromatic carbocycles. The summed E-state index contributed by atoms with van der Waals surface area (Å²) < 4.78 is 7.19. The van der Waals surface area contributed by atoms with Crippen molar-refractivity contribution in [3.05, 3.63) is 10.5 Å². The standard InChI is InChI=1S/C16H26N4O3S/c1-11-5-3-6-12(2)20(11)14(21)10-24-16-18-17-15(22)19(16)9-13-7-4-8-23-13/h11-13H,3-10H2,1-2H3,(H,17,22). The summed E-state index contributed by atoms with van der Waals surface area (Å²) in [6.07, 6.45) is 5.36. The fraction of sp³-hybridized carbons (Fsp3) is 0.812. The van der Waals surface area contributed by atoms with Crippen LogP contribution in [0.5, 0.6) is 0 Å². The molecule has 0 radical (unpaired) electrons. The molecule has 2 fully saturated rings. The minimum atomic E-state index is -0.236. The van der Waals surface area contributed by atoms with E-state index in [-0.39, 0.29) is 29.8 Å². The van der Waals surface area contributed by atoms with E-state index in [1.807, 2.05) is 4.90 Å². The molecule has 8 heteroatoms. The van der Waals surface area contributed by atoms with Crippen molar-refractivity contribution in [1.29, 1.82) is 0 Å². The Bertz CT molecular complexity index is 613. The second-order valence-electron chi connectivity index (χ2n) is 6.78. The number of H-pyrrole nitrogens is 1. The molecule has 3 atom stereocenters. The minimum Gasteiger partial charge on any atom is -0.376 e. The van der Waals surface area contributed by atoms with E-state index in [4.69, 9.17) is 4.74 Å². The number of aromatic nitrogens is 3. The van der Waals surface area contributed by atoms with Crippen molar-refractivity contribution in [2.45, 2.75) is 75.8 Å². The summed E-state index contributed by atoms with van der Waals surface area (Å²) in [5.41, 5.74) is -0.236. The molecule has 2 aliphatic heterocycles. The van der Waals surface area contributed by atoms with Gasteiger partial charge in [0.25, 0.3) is 0 Å². The topological polar surface area (TPSA) is 80.2 Å². The molecule has 1 aromatic heterocycles. The van der Waals surface area contributed by atoms with Gasteiger partial charge in [0.05, 0.1) is 18.4 Å². The zero-order valence-electron chi connectivity index (χ0n) is 14.4. The predicted octanol–water partition coefficient (Wildman–Crippen LogP) is 1.63. The summed E-state index contributed by atoms with van der Waals surface area (Å²) in [5.74, 6) is 0.434. The number of hydrogen-bond donors (Lipinski definition) is 1. The van der Waals surface area contributed by atoms with Gasteiger partial charge in [-0.25, -0.2) is 9.89 Å². The van der Waals surface area contributed by atoms with Crippen molar-refractivity contribution in [2.24, 2.45) is 0 Å². The molecule has 3 unspecified atom stereocenters. The third kappa shape index (κ3) is 3.85. The molecule has 24 heavy (non-hydrogen) atoms. The predicted molar refractivity (Wildman–Crippen MR) is 92.2 cm³/mol. The fourth-order valence-corrected chi connectivity index (χ4v) is 4.51. The Kier molecular flexibility index (Phi) is 5.65. The van der Waals surface area contributed by atoms with Gasteiger partial charge >= 0.3 is 5.69 Å². The lowest BCUT2D eigenvalue weighted by atomic mass is 9.98. The molecule has 2 aliphatic rings. The zero-order valence-corrected chi connectivity index (χ0v) is 15.2. The lowest BCUT2D eigenvalue weighted by Gasteiger charge is -2.39. The monoisotopic (exact) mass is 354 g/mol. The molecule has 3 heterocycles. The van der Waals surface area contributed by atoms with Crippen LogP contribution in [0.15, 0.2) is 9.95 Å². The number of piperidine rings is 1. The van der Waals surface area contributed by atoms with Gasteiger partial charge in [-0.1, -0.05) is 11.8 Å². The molecular weight excluding hydrogens is 328 g/mol. The highest BCUT2D eigenvalue weighted by Crippen LogP contribution is 2.25. The number of carbonyl (C=O) groups is 1. The number of nitrogens with one attached hydrogen (secondary N) is 1. The molecule has 1 amide bonds. The van der Waals surface area contributed by atoms with E-state index in [0.29, 0.717) is 17.5 Å². The number of aromatic amines is 1. The highest BCUT2D eigenvalue weighted by Gasteiger charge is 2.29. The summed E-state index contributed by atoms with van der Waals surface area (Å²) in [6.45, 7) is 5.48. The van der Waals surface area contributed by atoms with Crippen molar-refractivity contribution in [3.8, 4) is 0 Å². The third-order valence-corrected chi connectivity index (χ3v) is 5.90. The quantitative estimate of drug-likeness (QED) is 0.813. The molecule has 7 nitrogen and oxygen atoms in total. The number of thioether (sulfide) groups is 1. The summed E-state index contributed by atoms with van der Waals surface area (Å²) in [4.78, 5) is 26.6. The second kappa shape index (κ2) is 7.74. The average Bonchev–Trinajstić information content (AvgIpc) is 3.17. The summed E-state index contributed by atoms with van der Waals surface area (Å²) >= 11 is 1.33. The zero-order chi connectivity index (χ0) is 17.1. The Balaban J connectivity index is 1.62. The Labute approximate surface area is 146 Å². The highest BCUT2D eigenvalue weighted by atomic mass is 32.2. The maximum absolute atomic E-state index is 12.6. The SMILES string of the molecule is CC1CCCC(C)N1C(=O)CSc1n[nH]c(=O)n1CC1CCCO1. The molecule has 3 rings (SSSR count). The van der Waals surface area contributed by atoms with E-state index < -0.39 is 0 Å². The van der Waals surface area contributed by atoms with E-state index in [1.54, 1.807) is 4.57 Å². The van der Waals surface area contributed by atoms with Crippen molar-refractivity contribution in [1.82, 2.24) is 19.7 Å². The molecule has 1 N–H and O–H groups in total. The second-order valence-corrected chi connectivity index (χ2v) is 7.72. The number of carbonyl (C=O) groups excluding carboxylic acids is 1. The summed E-state index contributed by atoms with van der Waals surface area (Å²) in [7, 11) is 0. The molecule has 0 spiro atoms. The van der Waals surface area contributed by atoms with Crippen LogP contribution >= 0.6 is 11.8 Å². The van der Waals surface area contributed by atoms with Gasteiger partial charge < -0.3 is 9.64 Å². The molecule has 0 bridgehead atoms. The lowest BCUT2D eigenvalue weighted by molar-refractivity contribution is -0.134. The van der Waals surface area contributed by atoms with Crippen LogP contribution in [-0.4, -0.2) is 56.1 Å². The molecular formula is C16H26N4O3S. The van der Waals surface area contributed by atoms with Gasteiger partial charge in [0.2, 0.25) is 5.91 Å². The molecule has 1 aromatic rings. The van der Waals surface area contributed by atoms with Gasteiger partial charge in [0.15, 0.2) is 5.16 Å². The number of nitrogens with zero attached hydrogens (tertiary/aromatic N) is 3.